The third-order valence-corrected chi connectivity index (χ3v) is 2.69. The van der Waals surface area contributed by atoms with Crippen molar-refractivity contribution in [1.29, 1.82) is 0 Å². The van der Waals surface area contributed by atoms with Crippen LogP contribution in [0.1, 0.15) is 0 Å². The molecule has 0 aliphatic carbocycles. The summed E-state index contributed by atoms with van der Waals surface area (Å²) in [5.74, 6) is 1.38. The minimum atomic E-state index is -2.99. The maximum absolute atomic E-state index is 11.3. The van der Waals surface area contributed by atoms with Crippen molar-refractivity contribution in [2.45, 2.75) is 0 Å². The molecule has 0 aliphatic heterocycles. The van der Waals surface area contributed by atoms with Crippen LogP contribution in [-0.2, 0) is 13.6 Å². The maximum Gasteiger partial charge on any atom is 0.353 e. The highest BCUT2D eigenvalue weighted by Crippen LogP contribution is 2.47. The van der Waals surface area contributed by atoms with Gasteiger partial charge >= 0.3 is 7.60 Å². The maximum atomic E-state index is 11.3. The summed E-state index contributed by atoms with van der Waals surface area (Å²) in [5.41, 5.74) is 0. The first kappa shape index (κ1) is 11.4. The molecule has 0 aromatic heterocycles. The molecule has 0 saturated heterocycles. The van der Waals surface area contributed by atoms with E-state index in [-0.39, 0.29) is 0 Å². The lowest BCUT2D eigenvalue weighted by molar-refractivity contribution is 0.286. The van der Waals surface area contributed by atoms with Crippen LogP contribution in [0.25, 0.3) is 0 Å². The lowest BCUT2D eigenvalue weighted by atomic mass is 10.5. The van der Waals surface area contributed by atoms with Gasteiger partial charge in [0.1, 0.15) is 0 Å². The topological polar surface area (TPSA) is 35.5 Å². The van der Waals surface area contributed by atoms with E-state index in [1.165, 1.54) is 20.0 Å². The first-order chi connectivity index (χ1) is 5.68. The fraction of sp³-hybridized carbons (Fsp3) is 0.250. The molecule has 0 spiro atoms. The van der Waals surface area contributed by atoms with Gasteiger partial charge in [0, 0.05) is 20.0 Å². The quantitative estimate of drug-likeness (QED) is 0.491. The summed E-state index contributed by atoms with van der Waals surface area (Å²) in [7, 11) is -0.309. The van der Waals surface area contributed by atoms with Gasteiger partial charge in [0.2, 0.25) is 0 Å². The van der Waals surface area contributed by atoms with Gasteiger partial charge in [-0.1, -0.05) is 30.9 Å². The normalized spacial score (nSPS) is 12.8. The Bertz CT molecular complexity index is 222. The van der Waals surface area contributed by atoms with Gasteiger partial charge in [-0.3, -0.25) is 4.57 Å². The first-order valence-electron chi connectivity index (χ1n) is 3.36. The Balaban J connectivity index is 4.20. The van der Waals surface area contributed by atoms with Crippen LogP contribution in [0.3, 0.4) is 0 Å². The molecule has 0 bridgehead atoms. The van der Waals surface area contributed by atoms with Crippen molar-refractivity contribution >= 4 is 7.60 Å². The van der Waals surface area contributed by atoms with Crippen molar-refractivity contribution in [3.8, 4) is 0 Å². The van der Waals surface area contributed by atoms with Crippen molar-refractivity contribution in [3.63, 3.8) is 0 Å². The summed E-state index contributed by atoms with van der Waals surface area (Å²) in [6, 6.07) is 0. The largest absolute Gasteiger partial charge is 0.353 e. The molecule has 0 amide bonds. The summed E-state index contributed by atoms with van der Waals surface area (Å²) < 4.78 is 20.6. The van der Waals surface area contributed by atoms with E-state index in [9.17, 15) is 4.57 Å². The van der Waals surface area contributed by atoms with Crippen LogP contribution < -0.4 is 0 Å². The smallest absolute Gasteiger partial charge is 0.309 e. The number of allylic oxidation sites excluding steroid dienone is 4. The van der Waals surface area contributed by atoms with E-state index in [0.717, 1.165) is 0 Å². The Kier molecular flexibility index (Phi) is 5.64. The summed E-state index contributed by atoms with van der Waals surface area (Å²) in [6.07, 6.45) is 6.62. The highest BCUT2D eigenvalue weighted by molar-refractivity contribution is 7.57. The first-order valence-corrected chi connectivity index (χ1v) is 4.98. The molecule has 0 rings (SSSR count). The Morgan fingerprint density at radius 3 is 2.17 bits per heavy atom. The van der Waals surface area contributed by atoms with Gasteiger partial charge in [-0.05, 0) is 0 Å². The van der Waals surface area contributed by atoms with Crippen LogP contribution in [0.2, 0.25) is 0 Å². The molecular weight excluding hydrogens is 175 g/mol. The van der Waals surface area contributed by atoms with E-state index in [1.54, 1.807) is 24.3 Å². The molecule has 0 saturated carbocycles. The van der Waals surface area contributed by atoms with Crippen LogP contribution in [0.5, 0.6) is 0 Å². The summed E-state index contributed by atoms with van der Waals surface area (Å²) in [4.78, 5) is 0. The van der Waals surface area contributed by atoms with Crippen molar-refractivity contribution in [1.82, 2.24) is 0 Å². The number of hydrogen-bond donors (Lipinski definition) is 0. The molecule has 0 heterocycles. The van der Waals surface area contributed by atoms with E-state index in [0.29, 0.717) is 0 Å². The fourth-order valence-electron chi connectivity index (χ4n) is 0.494. The van der Waals surface area contributed by atoms with Crippen LogP contribution in [0, 0.1) is 0 Å². The molecule has 12 heavy (non-hydrogen) atoms. The molecule has 0 N–H and O–H groups in total. The average Bonchev–Trinajstić information content (AvgIpc) is 2.12. The third-order valence-electron chi connectivity index (χ3n) is 1.14. The number of hydrogen-bond acceptors (Lipinski definition) is 3. The Labute approximate surface area is 72.9 Å². The van der Waals surface area contributed by atoms with Crippen molar-refractivity contribution < 1.29 is 13.6 Å². The second-order valence-electron chi connectivity index (χ2n) is 1.87. The van der Waals surface area contributed by atoms with Crippen LogP contribution in [0.4, 0.5) is 0 Å². The molecule has 0 fully saturated rings. The molecular formula is C8H13O3P. The molecule has 0 aliphatic rings. The van der Waals surface area contributed by atoms with Gasteiger partial charge in [-0.15, -0.1) is 0 Å². The van der Waals surface area contributed by atoms with Crippen LogP contribution in [-0.4, -0.2) is 14.2 Å². The summed E-state index contributed by atoms with van der Waals surface area (Å²) in [6.45, 7) is 3.48. The summed E-state index contributed by atoms with van der Waals surface area (Å²) >= 11 is 0. The highest BCUT2D eigenvalue weighted by Gasteiger charge is 2.14. The molecule has 0 aromatic carbocycles. The van der Waals surface area contributed by atoms with Gasteiger partial charge in [0.15, 0.2) is 0 Å². The predicted octanol–water partition coefficient (Wildman–Crippen LogP) is 2.73. The average molecular weight is 188 g/mol. The van der Waals surface area contributed by atoms with Gasteiger partial charge < -0.3 is 9.05 Å². The standard InChI is InChI=1S/C8H13O3P/c1-4-5-6-7-8-12(9,10-2)11-3/h4-8H,1H2,2-3H3. The van der Waals surface area contributed by atoms with E-state index in [1.807, 2.05) is 0 Å². The molecule has 0 atom stereocenters. The van der Waals surface area contributed by atoms with Crippen molar-refractivity contribution in [3.05, 3.63) is 36.7 Å². The monoisotopic (exact) mass is 188 g/mol. The minimum Gasteiger partial charge on any atom is -0.309 e. The lowest BCUT2D eigenvalue weighted by Gasteiger charge is -2.06. The molecule has 4 heteroatoms. The lowest BCUT2D eigenvalue weighted by Crippen LogP contribution is -1.82. The molecule has 0 unspecified atom stereocenters. The zero-order valence-corrected chi connectivity index (χ0v) is 8.16. The van der Waals surface area contributed by atoms with Gasteiger partial charge in [0.05, 0.1) is 0 Å². The minimum absolute atomic E-state index is 1.34. The van der Waals surface area contributed by atoms with E-state index in [2.05, 4.69) is 15.6 Å². The third kappa shape index (κ3) is 4.29. The van der Waals surface area contributed by atoms with Crippen LogP contribution in [0.15, 0.2) is 36.7 Å². The van der Waals surface area contributed by atoms with Crippen molar-refractivity contribution in [2.24, 2.45) is 0 Å². The number of rotatable bonds is 5. The zero-order chi connectivity index (χ0) is 9.45. The second-order valence-corrected chi connectivity index (χ2v) is 3.98. The second kappa shape index (κ2) is 5.95. The van der Waals surface area contributed by atoms with Crippen molar-refractivity contribution in [2.75, 3.05) is 14.2 Å². The van der Waals surface area contributed by atoms with Gasteiger partial charge in [0.25, 0.3) is 0 Å². The zero-order valence-electron chi connectivity index (χ0n) is 7.27. The molecule has 3 nitrogen and oxygen atoms in total. The van der Waals surface area contributed by atoms with Crippen LogP contribution >= 0.6 is 7.60 Å². The van der Waals surface area contributed by atoms with E-state index < -0.39 is 7.60 Å². The van der Waals surface area contributed by atoms with Gasteiger partial charge in [-0.2, -0.15) is 0 Å². The SMILES string of the molecule is C=CC=CC=CP(=O)(OC)OC. The predicted molar refractivity (Wildman–Crippen MR) is 50.1 cm³/mol. The van der Waals surface area contributed by atoms with E-state index in [4.69, 9.17) is 0 Å². The Morgan fingerprint density at radius 2 is 1.75 bits per heavy atom. The highest BCUT2D eigenvalue weighted by atomic mass is 31.2. The van der Waals surface area contributed by atoms with E-state index >= 15 is 0 Å². The van der Waals surface area contributed by atoms with Gasteiger partial charge in [-0.25, -0.2) is 0 Å². The Morgan fingerprint density at radius 1 is 1.17 bits per heavy atom. The molecule has 0 radical (unpaired) electrons. The molecule has 68 valence electrons. The Hall–Kier alpha value is -0.630. The fourth-order valence-corrected chi connectivity index (χ4v) is 1.20. The summed E-state index contributed by atoms with van der Waals surface area (Å²) in [5, 5.41) is 0. The molecule has 0 aromatic rings.